The quantitative estimate of drug-likeness (QED) is 0.380. The van der Waals surface area contributed by atoms with E-state index in [4.69, 9.17) is 9.94 Å². The minimum atomic E-state index is -1.04. The van der Waals surface area contributed by atoms with Gasteiger partial charge in [-0.05, 0) is 50.3 Å². The van der Waals surface area contributed by atoms with Crippen molar-refractivity contribution < 1.29 is 24.2 Å². The van der Waals surface area contributed by atoms with Gasteiger partial charge in [0.1, 0.15) is 5.52 Å². The van der Waals surface area contributed by atoms with E-state index in [1.807, 2.05) is 32.0 Å². The van der Waals surface area contributed by atoms with Crippen LogP contribution in [-0.4, -0.2) is 45.0 Å². The minimum Gasteiger partial charge on any atom is -0.394 e. The Labute approximate surface area is 185 Å². The monoisotopic (exact) mass is 442 g/mol. The van der Waals surface area contributed by atoms with Crippen LogP contribution in [0.1, 0.15) is 34.3 Å². The first-order valence-corrected chi connectivity index (χ1v) is 10.6. The van der Waals surface area contributed by atoms with E-state index in [0.717, 1.165) is 24.0 Å². The van der Waals surface area contributed by atoms with Gasteiger partial charge in [-0.15, -0.1) is 0 Å². The van der Waals surface area contributed by atoms with E-state index in [0.29, 0.717) is 23.7 Å². The van der Waals surface area contributed by atoms with Gasteiger partial charge < -0.3 is 20.1 Å². The molecule has 1 saturated carbocycles. The van der Waals surface area contributed by atoms with Crippen molar-refractivity contribution in [2.75, 3.05) is 18.5 Å². The summed E-state index contributed by atoms with van der Waals surface area (Å²) in [5.41, 5.74) is 5.46. The molecule has 0 radical (unpaired) electrons. The molecule has 4 N–H and O–H groups in total. The van der Waals surface area contributed by atoms with E-state index in [2.05, 4.69) is 15.8 Å². The summed E-state index contributed by atoms with van der Waals surface area (Å²) in [5.74, 6) is -0.829. The molecule has 2 aromatic carbocycles. The summed E-state index contributed by atoms with van der Waals surface area (Å²) in [7, 11) is 0. The van der Waals surface area contributed by atoms with E-state index < -0.39 is 24.4 Å². The number of hydroxylamine groups is 1. The Morgan fingerprint density at radius 3 is 2.81 bits per heavy atom. The van der Waals surface area contributed by atoms with Crippen LogP contribution in [0.5, 0.6) is 0 Å². The Morgan fingerprint density at radius 1 is 1.34 bits per heavy atom. The van der Waals surface area contributed by atoms with Crippen molar-refractivity contribution in [3.8, 4) is 0 Å². The van der Waals surface area contributed by atoms with Crippen molar-refractivity contribution >= 4 is 28.3 Å². The number of imidazole rings is 1. The molecule has 1 unspecified atom stereocenters. The van der Waals surface area contributed by atoms with Gasteiger partial charge in [-0.3, -0.25) is 9.63 Å². The fourth-order valence-electron chi connectivity index (χ4n) is 3.54. The molecular weight excluding hydrogens is 415 g/mol. The van der Waals surface area contributed by atoms with Crippen LogP contribution in [0.4, 0.5) is 15.8 Å². The third kappa shape index (κ3) is 4.74. The number of fused-ring (bicyclic) bond motifs is 1. The number of benzene rings is 2. The van der Waals surface area contributed by atoms with Gasteiger partial charge in [0.25, 0.3) is 5.91 Å². The molecule has 1 aromatic heterocycles. The van der Waals surface area contributed by atoms with Crippen LogP contribution in [0.25, 0.3) is 11.0 Å². The zero-order valence-corrected chi connectivity index (χ0v) is 18.1. The number of aromatic nitrogens is 2. The Morgan fingerprint density at radius 2 is 2.12 bits per heavy atom. The van der Waals surface area contributed by atoms with E-state index in [-0.39, 0.29) is 23.3 Å². The molecule has 0 spiro atoms. The van der Waals surface area contributed by atoms with Gasteiger partial charge in [0, 0.05) is 5.69 Å². The number of rotatable bonds is 9. The SMILES string of the molecule is Cc1ccc(Nc2c(C(=O)NOCC3CC3)cc3c(ncn3CC(O)CO)c2F)c(C)c1. The molecule has 1 fully saturated rings. The molecule has 3 aromatic rings. The first kappa shape index (κ1) is 22.2. The fourth-order valence-corrected chi connectivity index (χ4v) is 3.54. The first-order chi connectivity index (χ1) is 15.4. The van der Waals surface area contributed by atoms with Crippen LogP contribution in [0.3, 0.4) is 0 Å². The normalized spacial score (nSPS) is 14.5. The zero-order chi connectivity index (χ0) is 22.8. The van der Waals surface area contributed by atoms with Gasteiger partial charge in [0.15, 0.2) is 5.82 Å². The lowest BCUT2D eigenvalue weighted by atomic mass is 10.1. The number of halogens is 1. The molecule has 170 valence electrons. The molecule has 8 nitrogen and oxygen atoms in total. The van der Waals surface area contributed by atoms with Crippen molar-refractivity contribution in [3.05, 3.63) is 53.1 Å². The van der Waals surface area contributed by atoms with Crippen LogP contribution in [0, 0.1) is 25.6 Å². The summed E-state index contributed by atoms with van der Waals surface area (Å²) in [4.78, 5) is 22.4. The second-order valence-corrected chi connectivity index (χ2v) is 8.34. The smallest absolute Gasteiger partial charge is 0.277 e. The third-order valence-electron chi connectivity index (χ3n) is 5.54. The second-order valence-electron chi connectivity index (χ2n) is 8.34. The third-order valence-corrected chi connectivity index (χ3v) is 5.54. The van der Waals surface area contributed by atoms with Crippen LogP contribution in [0.15, 0.2) is 30.6 Å². The molecule has 9 heteroatoms. The largest absolute Gasteiger partial charge is 0.394 e. The maximum absolute atomic E-state index is 15.6. The molecule has 1 aliphatic carbocycles. The number of nitrogens with one attached hydrogen (secondary N) is 2. The standard InChI is InChI=1S/C23H27FN4O4/c1-13-3-6-18(14(2)7-13)26-21-17(23(31)27-32-11-15-4-5-15)8-19-22(20(21)24)25-12-28(19)9-16(30)10-29/h3,6-8,12,15-16,26,29-30H,4-5,9-11H2,1-2H3,(H,27,31). The van der Waals surface area contributed by atoms with Gasteiger partial charge >= 0.3 is 0 Å². The molecular formula is C23H27FN4O4. The molecule has 0 saturated heterocycles. The molecule has 32 heavy (non-hydrogen) atoms. The number of hydrogen-bond acceptors (Lipinski definition) is 6. The lowest BCUT2D eigenvalue weighted by Gasteiger charge is -2.16. The maximum atomic E-state index is 15.6. The second kappa shape index (κ2) is 9.23. The number of hydrogen-bond donors (Lipinski definition) is 4. The Balaban J connectivity index is 1.74. The van der Waals surface area contributed by atoms with E-state index in [1.54, 1.807) is 0 Å². The number of carbonyl (C=O) groups is 1. The van der Waals surface area contributed by atoms with Gasteiger partial charge in [-0.25, -0.2) is 14.9 Å². The molecule has 0 bridgehead atoms. The van der Waals surface area contributed by atoms with E-state index in [1.165, 1.54) is 17.0 Å². The summed E-state index contributed by atoms with van der Waals surface area (Å²) < 4.78 is 17.1. The molecule has 1 amide bonds. The number of aryl methyl sites for hydroxylation is 2. The number of amides is 1. The van der Waals surface area contributed by atoms with Crippen molar-refractivity contribution in [3.63, 3.8) is 0 Å². The summed E-state index contributed by atoms with van der Waals surface area (Å²) in [6, 6.07) is 7.20. The number of nitrogens with zero attached hydrogens (tertiary/aromatic N) is 2. The molecule has 1 aliphatic rings. The summed E-state index contributed by atoms with van der Waals surface area (Å²) in [5, 5.41) is 22.0. The number of anilines is 2. The van der Waals surface area contributed by atoms with Crippen molar-refractivity contribution in [1.82, 2.24) is 15.0 Å². The highest BCUT2D eigenvalue weighted by Crippen LogP contribution is 2.32. The summed E-state index contributed by atoms with van der Waals surface area (Å²) >= 11 is 0. The van der Waals surface area contributed by atoms with Crippen LogP contribution in [-0.2, 0) is 11.4 Å². The van der Waals surface area contributed by atoms with Crippen LogP contribution >= 0.6 is 0 Å². The van der Waals surface area contributed by atoms with Crippen molar-refractivity contribution in [1.29, 1.82) is 0 Å². The number of carbonyl (C=O) groups excluding carboxylic acids is 1. The fraction of sp³-hybridized carbons (Fsp3) is 0.391. The predicted molar refractivity (Wildman–Crippen MR) is 118 cm³/mol. The van der Waals surface area contributed by atoms with Crippen molar-refractivity contribution in [2.45, 2.75) is 39.3 Å². The molecule has 1 heterocycles. The summed E-state index contributed by atoms with van der Waals surface area (Å²) in [6.45, 7) is 3.84. The Hall–Kier alpha value is -3.01. The number of aliphatic hydroxyl groups is 2. The Bertz CT molecular complexity index is 1140. The average Bonchev–Trinajstić information content (AvgIpc) is 3.50. The Kier molecular flexibility index (Phi) is 6.40. The topological polar surface area (TPSA) is 109 Å². The zero-order valence-electron chi connectivity index (χ0n) is 18.1. The van der Waals surface area contributed by atoms with Gasteiger partial charge in [-0.1, -0.05) is 17.7 Å². The summed E-state index contributed by atoms with van der Waals surface area (Å²) in [6.07, 6.45) is 2.48. The van der Waals surface area contributed by atoms with Crippen LogP contribution < -0.4 is 10.8 Å². The lowest BCUT2D eigenvalue weighted by molar-refractivity contribution is 0.0271. The highest BCUT2D eigenvalue weighted by atomic mass is 19.1. The molecule has 4 rings (SSSR count). The highest BCUT2D eigenvalue weighted by Gasteiger charge is 2.25. The molecule has 0 aliphatic heterocycles. The van der Waals surface area contributed by atoms with Crippen molar-refractivity contribution in [2.24, 2.45) is 5.92 Å². The predicted octanol–water partition coefficient (Wildman–Crippen LogP) is 2.96. The van der Waals surface area contributed by atoms with Gasteiger partial charge in [0.2, 0.25) is 0 Å². The van der Waals surface area contributed by atoms with Crippen LogP contribution in [0.2, 0.25) is 0 Å². The van der Waals surface area contributed by atoms with Gasteiger partial charge in [-0.2, -0.15) is 0 Å². The lowest BCUT2D eigenvalue weighted by Crippen LogP contribution is -2.26. The first-order valence-electron chi connectivity index (χ1n) is 10.6. The average molecular weight is 442 g/mol. The number of aliphatic hydroxyl groups excluding tert-OH is 2. The maximum Gasteiger partial charge on any atom is 0.277 e. The van der Waals surface area contributed by atoms with E-state index in [9.17, 15) is 9.90 Å². The minimum absolute atomic E-state index is 0.00932. The molecule has 1 atom stereocenters. The van der Waals surface area contributed by atoms with Gasteiger partial charge in [0.05, 0.1) is 49.0 Å². The highest BCUT2D eigenvalue weighted by molar-refractivity contribution is 6.04. The van der Waals surface area contributed by atoms with E-state index >= 15 is 4.39 Å².